The highest BCUT2D eigenvalue weighted by Crippen LogP contribution is 2.31. The van der Waals surface area contributed by atoms with E-state index < -0.39 is 0 Å². The molecule has 1 unspecified atom stereocenters. The van der Waals surface area contributed by atoms with Crippen molar-refractivity contribution in [3.05, 3.63) is 52.6 Å². The number of aliphatic hydroxyl groups excluding tert-OH is 1. The van der Waals surface area contributed by atoms with E-state index in [1.807, 2.05) is 44.9 Å². The number of ether oxygens (including phenoxy) is 1. The van der Waals surface area contributed by atoms with E-state index in [0.29, 0.717) is 5.75 Å². The van der Waals surface area contributed by atoms with Crippen LogP contribution in [0.25, 0.3) is 0 Å². The van der Waals surface area contributed by atoms with Crippen LogP contribution in [0, 0.1) is 20.8 Å². The molecule has 0 aliphatic carbocycles. The molecule has 2 aromatic rings. The largest absolute Gasteiger partial charge is 0.483 e. The van der Waals surface area contributed by atoms with Gasteiger partial charge >= 0.3 is 0 Å². The molecule has 0 spiro atoms. The van der Waals surface area contributed by atoms with E-state index in [4.69, 9.17) is 10.5 Å². The van der Waals surface area contributed by atoms with Gasteiger partial charge < -0.3 is 25.8 Å². The van der Waals surface area contributed by atoms with E-state index in [9.17, 15) is 9.90 Å². The molecule has 7 nitrogen and oxygen atoms in total. The zero-order valence-corrected chi connectivity index (χ0v) is 23.0. The number of hydrogen-bond acceptors (Lipinski definition) is 6. The van der Waals surface area contributed by atoms with Crippen LogP contribution < -0.4 is 15.8 Å². The first kappa shape index (κ1) is 27.8. The molecule has 1 saturated heterocycles. The molecular formula is C29H44N4O3. The van der Waals surface area contributed by atoms with E-state index >= 15 is 0 Å². The number of carbonyl (C=O) groups excluding carboxylic acids is 1. The minimum absolute atomic E-state index is 0.00400. The molecule has 7 heteroatoms. The number of nitrogens with one attached hydrogen (secondary N) is 1. The Morgan fingerprint density at radius 3 is 2.44 bits per heavy atom. The van der Waals surface area contributed by atoms with E-state index in [2.05, 4.69) is 49.2 Å². The number of carbonyl (C=O) groups is 1. The van der Waals surface area contributed by atoms with Gasteiger partial charge in [-0.3, -0.25) is 9.69 Å². The van der Waals surface area contributed by atoms with Crippen LogP contribution >= 0.6 is 0 Å². The number of anilines is 2. The Morgan fingerprint density at radius 2 is 1.83 bits per heavy atom. The lowest BCUT2D eigenvalue weighted by Crippen LogP contribution is -2.52. The Labute approximate surface area is 216 Å². The first-order chi connectivity index (χ1) is 16.9. The van der Waals surface area contributed by atoms with E-state index in [0.717, 1.165) is 54.0 Å². The molecule has 198 valence electrons. The number of aliphatic hydroxyl groups is 1. The first-order valence-corrected chi connectivity index (χ1v) is 12.9. The van der Waals surface area contributed by atoms with Crippen LogP contribution in [0.4, 0.5) is 11.4 Å². The Balaban J connectivity index is 1.56. The lowest BCUT2D eigenvalue weighted by molar-refractivity contribution is -0.135. The Bertz CT molecular complexity index is 1060. The van der Waals surface area contributed by atoms with Crippen LogP contribution in [0.3, 0.4) is 0 Å². The second-order valence-electron chi connectivity index (χ2n) is 11.1. The lowest BCUT2D eigenvalue weighted by atomic mass is 9.86. The van der Waals surface area contributed by atoms with Crippen molar-refractivity contribution in [3.8, 4) is 5.75 Å². The van der Waals surface area contributed by atoms with Gasteiger partial charge in [0.05, 0.1) is 6.61 Å². The molecular weight excluding hydrogens is 452 g/mol. The standard InChI is InChI=1S/C29H44N4O3/c1-19-16-25(20(2)21(3)28(19)30)36-18-27(35)32(7)22-12-14-33(15-13-22)26(17-34)31-24-11-9-8-10-23(24)29(4,5)6/h8-11,16,22,26,31,34H,12-15,17-18,30H2,1-7H3. The number of amides is 1. The van der Waals surface area contributed by atoms with Crippen molar-refractivity contribution in [1.82, 2.24) is 9.80 Å². The van der Waals surface area contributed by atoms with Gasteiger partial charge in [0.1, 0.15) is 11.9 Å². The van der Waals surface area contributed by atoms with E-state index in [-0.39, 0.29) is 36.7 Å². The molecule has 4 N–H and O–H groups in total. The maximum Gasteiger partial charge on any atom is 0.260 e. The van der Waals surface area contributed by atoms with Crippen molar-refractivity contribution in [2.24, 2.45) is 0 Å². The summed E-state index contributed by atoms with van der Waals surface area (Å²) in [6.07, 6.45) is 1.53. The number of para-hydroxylation sites is 1. The number of rotatable bonds is 8. The van der Waals surface area contributed by atoms with Gasteiger partial charge in [0.15, 0.2) is 6.61 Å². The van der Waals surface area contributed by atoms with Crippen LogP contribution in [-0.2, 0) is 10.2 Å². The maximum absolute atomic E-state index is 12.9. The summed E-state index contributed by atoms with van der Waals surface area (Å²) in [5, 5.41) is 13.7. The van der Waals surface area contributed by atoms with Crippen LogP contribution in [0.5, 0.6) is 5.75 Å². The quantitative estimate of drug-likeness (QED) is 0.474. The molecule has 1 atom stereocenters. The van der Waals surface area contributed by atoms with E-state index in [1.165, 1.54) is 5.56 Å². The second-order valence-corrected chi connectivity index (χ2v) is 11.1. The Hall–Kier alpha value is -2.77. The second kappa shape index (κ2) is 11.5. The molecule has 1 aliphatic rings. The monoisotopic (exact) mass is 496 g/mol. The topological polar surface area (TPSA) is 91.1 Å². The van der Waals surface area contributed by atoms with Crippen molar-refractivity contribution in [2.75, 3.05) is 44.4 Å². The van der Waals surface area contributed by atoms with Crippen LogP contribution in [0.15, 0.2) is 30.3 Å². The zero-order valence-electron chi connectivity index (χ0n) is 23.0. The minimum Gasteiger partial charge on any atom is -0.483 e. The fraction of sp³-hybridized carbons (Fsp3) is 0.552. The van der Waals surface area contributed by atoms with Crippen molar-refractivity contribution in [1.29, 1.82) is 0 Å². The molecule has 0 radical (unpaired) electrons. The summed E-state index contributed by atoms with van der Waals surface area (Å²) in [5.41, 5.74) is 12.1. The van der Waals surface area contributed by atoms with Gasteiger partial charge in [-0.1, -0.05) is 39.0 Å². The highest BCUT2D eigenvalue weighted by atomic mass is 16.5. The number of benzene rings is 2. The van der Waals surface area contributed by atoms with Gasteiger partial charge in [0.25, 0.3) is 5.91 Å². The Morgan fingerprint density at radius 1 is 1.19 bits per heavy atom. The van der Waals surface area contributed by atoms with Gasteiger partial charge in [-0.05, 0) is 73.4 Å². The van der Waals surface area contributed by atoms with Gasteiger partial charge in [-0.25, -0.2) is 0 Å². The molecule has 1 amide bonds. The van der Waals surface area contributed by atoms with Crippen molar-refractivity contribution < 1.29 is 14.6 Å². The summed E-state index contributed by atoms with van der Waals surface area (Å²) >= 11 is 0. The number of hydrogen-bond donors (Lipinski definition) is 3. The van der Waals surface area contributed by atoms with Gasteiger partial charge in [-0.2, -0.15) is 0 Å². The number of piperidine rings is 1. The number of nitrogens with two attached hydrogens (primary N) is 1. The van der Waals surface area contributed by atoms with Gasteiger partial charge in [-0.15, -0.1) is 0 Å². The normalized spacial score (nSPS) is 16.0. The summed E-state index contributed by atoms with van der Waals surface area (Å²) in [7, 11) is 1.86. The number of nitrogen functional groups attached to an aromatic ring is 1. The van der Waals surface area contributed by atoms with Crippen LogP contribution in [-0.4, -0.2) is 66.4 Å². The number of likely N-dealkylation sites (N-methyl/N-ethyl adjacent to an activating group) is 1. The number of likely N-dealkylation sites (tertiary alicyclic amines) is 1. The molecule has 1 aliphatic heterocycles. The molecule has 1 heterocycles. The SMILES string of the molecule is Cc1cc(OCC(=O)N(C)C2CCN(C(CO)Nc3ccccc3C(C)(C)C)CC2)c(C)c(C)c1N. The molecule has 0 bridgehead atoms. The Kier molecular flexibility index (Phi) is 8.90. The molecule has 0 saturated carbocycles. The highest BCUT2D eigenvalue weighted by molar-refractivity contribution is 5.78. The lowest BCUT2D eigenvalue weighted by Gasteiger charge is -2.40. The molecule has 1 fully saturated rings. The average Bonchev–Trinajstić information content (AvgIpc) is 2.86. The third-order valence-corrected chi connectivity index (χ3v) is 7.57. The maximum atomic E-state index is 12.9. The third-order valence-electron chi connectivity index (χ3n) is 7.57. The predicted octanol–water partition coefficient (Wildman–Crippen LogP) is 4.22. The fourth-order valence-electron chi connectivity index (χ4n) is 4.94. The summed E-state index contributed by atoms with van der Waals surface area (Å²) in [6.45, 7) is 14.1. The predicted molar refractivity (Wildman–Crippen MR) is 148 cm³/mol. The van der Waals surface area contributed by atoms with Crippen molar-refractivity contribution in [2.45, 2.75) is 72.0 Å². The summed E-state index contributed by atoms with van der Waals surface area (Å²) in [4.78, 5) is 17.0. The highest BCUT2D eigenvalue weighted by Gasteiger charge is 2.29. The summed E-state index contributed by atoms with van der Waals surface area (Å²) in [5.74, 6) is 0.680. The molecule has 0 aromatic heterocycles. The van der Waals surface area contributed by atoms with E-state index in [1.54, 1.807) is 0 Å². The molecule has 3 rings (SSSR count). The van der Waals surface area contributed by atoms with Crippen molar-refractivity contribution >= 4 is 17.3 Å². The van der Waals surface area contributed by atoms with Crippen molar-refractivity contribution in [3.63, 3.8) is 0 Å². The summed E-state index contributed by atoms with van der Waals surface area (Å²) < 4.78 is 5.91. The van der Waals surface area contributed by atoms with Crippen LogP contribution in [0.1, 0.15) is 55.9 Å². The van der Waals surface area contributed by atoms with Crippen LogP contribution in [0.2, 0.25) is 0 Å². The zero-order chi connectivity index (χ0) is 26.6. The minimum atomic E-state index is -0.168. The summed E-state index contributed by atoms with van der Waals surface area (Å²) in [6, 6.07) is 10.3. The smallest absolute Gasteiger partial charge is 0.260 e. The third kappa shape index (κ3) is 6.31. The molecule has 2 aromatic carbocycles. The fourth-order valence-corrected chi connectivity index (χ4v) is 4.94. The number of nitrogens with zero attached hydrogens (tertiary/aromatic N) is 2. The molecule has 36 heavy (non-hydrogen) atoms. The first-order valence-electron chi connectivity index (χ1n) is 12.9. The average molecular weight is 497 g/mol. The number of aryl methyl sites for hydroxylation is 1. The van der Waals surface area contributed by atoms with Gasteiger partial charge in [0.2, 0.25) is 0 Å². The van der Waals surface area contributed by atoms with Gasteiger partial charge in [0, 0.05) is 37.6 Å².